The number of nitrogens with two attached hydrogens (primary N) is 1. The van der Waals surface area contributed by atoms with Crippen molar-refractivity contribution in [3.8, 4) is 6.07 Å². The third-order valence-corrected chi connectivity index (χ3v) is 3.64. The van der Waals surface area contributed by atoms with E-state index in [1.54, 1.807) is 24.3 Å². The Kier molecular flexibility index (Phi) is 5.79. The first-order chi connectivity index (χ1) is 11.9. The van der Waals surface area contributed by atoms with Crippen LogP contribution in [0.4, 0.5) is 8.78 Å². The first-order valence-electron chi connectivity index (χ1n) is 7.42. The summed E-state index contributed by atoms with van der Waals surface area (Å²) in [5.41, 5.74) is 5.79. The molecule has 0 heterocycles. The molecule has 2 aromatic rings. The van der Waals surface area contributed by atoms with Crippen LogP contribution in [0.3, 0.4) is 0 Å². The van der Waals surface area contributed by atoms with Crippen molar-refractivity contribution in [2.45, 2.75) is 18.9 Å². The number of nitrogens with zero attached hydrogens (tertiary/aromatic N) is 1. The summed E-state index contributed by atoms with van der Waals surface area (Å²) in [5, 5.41) is 11.4. The van der Waals surface area contributed by atoms with Crippen molar-refractivity contribution < 1.29 is 18.4 Å². The Morgan fingerprint density at radius 1 is 1.12 bits per heavy atom. The molecule has 0 spiro atoms. The minimum Gasteiger partial charge on any atom is -0.368 e. The van der Waals surface area contributed by atoms with Gasteiger partial charge < -0.3 is 11.1 Å². The predicted molar refractivity (Wildman–Crippen MR) is 86.0 cm³/mol. The maximum Gasteiger partial charge on any atom is 0.240 e. The Morgan fingerprint density at radius 3 is 2.36 bits per heavy atom. The quantitative estimate of drug-likeness (QED) is 0.834. The smallest absolute Gasteiger partial charge is 0.240 e. The SMILES string of the molecule is N#Cc1ccccc1C[C@@H](NC(=O)Cc1c(F)cccc1F)C(N)=O. The minimum absolute atomic E-state index is 0.00452. The number of rotatable bonds is 6. The van der Waals surface area contributed by atoms with Crippen molar-refractivity contribution in [2.24, 2.45) is 5.73 Å². The molecule has 0 aliphatic heterocycles. The van der Waals surface area contributed by atoms with E-state index in [0.29, 0.717) is 11.1 Å². The minimum atomic E-state index is -1.10. The second-order valence-corrected chi connectivity index (χ2v) is 5.37. The van der Waals surface area contributed by atoms with E-state index in [-0.39, 0.29) is 12.0 Å². The molecule has 0 saturated heterocycles. The average Bonchev–Trinajstić information content (AvgIpc) is 2.58. The van der Waals surface area contributed by atoms with Crippen LogP contribution in [0.2, 0.25) is 0 Å². The largest absolute Gasteiger partial charge is 0.368 e. The van der Waals surface area contributed by atoms with Crippen LogP contribution < -0.4 is 11.1 Å². The Morgan fingerprint density at radius 2 is 1.76 bits per heavy atom. The molecule has 0 aliphatic rings. The first kappa shape index (κ1) is 18.1. The van der Waals surface area contributed by atoms with E-state index in [2.05, 4.69) is 5.32 Å². The van der Waals surface area contributed by atoms with Crippen molar-refractivity contribution in [1.82, 2.24) is 5.32 Å². The molecule has 2 amide bonds. The number of hydrogen-bond acceptors (Lipinski definition) is 3. The maximum absolute atomic E-state index is 13.6. The molecule has 0 radical (unpaired) electrons. The summed E-state index contributed by atoms with van der Waals surface area (Å²) >= 11 is 0. The van der Waals surface area contributed by atoms with Gasteiger partial charge in [-0.15, -0.1) is 0 Å². The van der Waals surface area contributed by atoms with Crippen LogP contribution in [0.1, 0.15) is 16.7 Å². The fourth-order valence-corrected chi connectivity index (χ4v) is 2.36. The van der Waals surface area contributed by atoms with Gasteiger partial charge in [0.2, 0.25) is 11.8 Å². The summed E-state index contributed by atoms with van der Waals surface area (Å²) in [6, 6.07) is 10.7. The number of halogens is 2. The van der Waals surface area contributed by atoms with Gasteiger partial charge in [0.25, 0.3) is 0 Å². The van der Waals surface area contributed by atoms with Gasteiger partial charge in [-0.25, -0.2) is 8.78 Å². The molecule has 7 heteroatoms. The highest BCUT2D eigenvalue weighted by atomic mass is 19.1. The van der Waals surface area contributed by atoms with Crippen LogP contribution in [-0.4, -0.2) is 17.9 Å². The molecule has 0 aliphatic carbocycles. The van der Waals surface area contributed by atoms with E-state index < -0.39 is 35.9 Å². The molecule has 2 aromatic carbocycles. The number of hydrogen-bond donors (Lipinski definition) is 2. The summed E-state index contributed by atoms with van der Waals surface area (Å²) in [7, 11) is 0. The molecule has 0 fully saturated rings. The topological polar surface area (TPSA) is 96.0 Å². The fraction of sp³-hybridized carbons (Fsp3) is 0.167. The summed E-state index contributed by atoms with van der Waals surface area (Å²) < 4.78 is 27.2. The van der Waals surface area contributed by atoms with Crippen molar-refractivity contribution in [3.63, 3.8) is 0 Å². The second-order valence-electron chi connectivity index (χ2n) is 5.37. The summed E-state index contributed by atoms with van der Waals surface area (Å²) in [6.45, 7) is 0. The summed E-state index contributed by atoms with van der Waals surface area (Å²) in [5.74, 6) is -3.25. The van der Waals surface area contributed by atoms with Crippen molar-refractivity contribution in [3.05, 3.63) is 70.8 Å². The van der Waals surface area contributed by atoms with Gasteiger partial charge >= 0.3 is 0 Å². The van der Waals surface area contributed by atoms with Gasteiger partial charge in [0.05, 0.1) is 18.1 Å². The normalized spacial score (nSPS) is 11.4. The van der Waals surface area contributed by atoms with E-state index in [1.165, 1.54) is 6.07 Å². The lowest BCUT2D eigenvalue weighted by Crippen LogP contribution is -2.46. The molecular formula is C18H15F2N3O2. The van der Waals surface area contributed by atoms with Gasteiger partial charge in [0.15, 0.2) is 0 Å². The number of nitrogens with one attached hydrogen (secondary N) is 1. The molecular weight excluding hydrogens is 328 g/mol. The molecule has 5 nitrogen and oxygen atoms in total. The number of primary amides is 1. The Bertz CT molecular complexity index is 826. The van der Waals surface area contributed by atoms with Crippen LogP contribution in [-0.2, 0) is 22.4 Å². The zero-order valence-electron chi connectivity index (χ0n) is 13.1. The van der Waals surface area contributed by atoms with Crippen LogP contribution >= 0.6 is 0 Å². The standard InChI is InChI=1S/C18H15F2N3O2/c19-14-6-3-7-15(20)13(14)9-17(24)23-16(18(22)25)8-11-4-1-2-5-12(11)10-21/h1-7,16H,8-9H2,(H2,22,25)(H,23,24)/t16-/m1/s1. The lowest BCUT2D eigenvalue weighted by molar-refractivity contribution is -0.127. The van der Waals surface area contributed by atoms with Gasteiger partial charge in [0.1, 0.15) is 17.7 Å². The molecule has 0 bridgehead atoms. The number of benzene rings is 2. The van der Waals surface area contributed by atoms with Gasteiger partial charge in [-0.1, -0.05) is 24.3 Å². The lowest BCUT2D eigenvalue weighted by atomic mass is 10.00. The molecule has 0 aromatic heterocycles. The zero-order chi connectivity index (χ0) is 18.4. The highest BCUT2D eigenvalue weighted by Crippen LogP contribution is 2.13. The molecule has 0 unspecified atom stereocenters. The van der Waals surface area contributed by atoms with E-state index in [9.17, 15) is 18.4 Å². The van der Waals surface area contributed by atoms with E-state index in [0.717, 1.165) is 12.1 Å². The van der Waals surface area contributed by atoms with Crippen molar-refractivity contribution >= 4 is 11.8 Å². The second kappa shape index (κ2) is 8.02. The van der Waals surface area contributed by atoms with E-state index >= 15 is 0 Å². The number of carbonyl (C=O) groups is 2. The van der Waals surface area contributed by atoms with Gasteiger partial charge in [-0.3, -0.25) is 9.59 Å². The Hall–Kier alpha value is -3.27. The van der Waals surface area contributed by atoms with Gasteiger partial charge in [-0.2, -0.15) is 5.26 Å². The monoisotopic (exact) mass is 343 g/mol. The van der Waals surface area contributed by atoms with Crippen molar-refractivity contribution in [1.29, 1.82) is 5.26 Å². The lowest BCUT2D eigenvalue weighted by Gasteiger charge is -2.16. The highest BCUT2D eigenvalue weighted by Gasteiger charge is 2.21. The molecule has 25 heavy (non-hydrogen) atoms. The number of amides is 2. The third kappa shape index (κ3) is 4.61. The number of nitriles is 1. The molecule has 1 atom stereocenters. The molecule has 128 valence electrons. The van der Waals surface area contributed by atoms with E-state index in [1.807, 2.05) is 6.07 Å². The predicted octanol–water partition coefficient (Wildman–Crippen LogP) is 1.59. The third-order valence-electron chi connectivity index (χ3n) is 3.64. The van der Waals surface area contributed by atoms with Crippen LogP contribution in [0.25, 0.3) is 0 Å². The Labute approximate surface area is 143 Å². The van der Waals surface area contributed by atoms with Crippen molar-refractivity contribution in [2.75, 3.05) is 0 Å². The van der Waals surface area contributed by atoms with Crippen LogP contribution in [0.5, 0.6) is 0 Å². The number of carbonyl (C=O) groups excluding carboxylic acids is 2. The van der Waals surface area contributed by atoms with E-state index in [4.69, 9.17) is 11.0 Å². The van der Waals surface area contributed by atoms with Crippen LogP contribution in [0.15, 0.2) is 42.5 Å². The average molecular weight is 343 g/mol. The zero-order valence-corrected chi connectivity index (χ0v) is 13.1. The first-order valence-corrected chi connectivity index (χ1v) is 7.42. The molecule has 3 N–H and O–H groups in total. The highest BCUT2D eigenvalue weighted by molar-refractivity contribution is 5.87. The van der Waals surface area contributed by atoms with Crippen LogP contribution in [0, 0.1) is 23.0 Å². The summed E-state index contributed by atoms with van der Waals surface area (Å²) in [6.07, 6.45) is -0.563. The summed E-state index contributed by atoms with van der Waals surface area (Å²) in [4.78, 5) is 23.7. The maximum atomic E-state index is 13.6. The van der Waals surface area contributed by atoms with Gasteiger partial charge in [0, 0.05) is 12.0 Å². The molecule has 2 rings (SSSR count). The fourth-order valence-electron chi connectivity index (χ4n) is 2.36. The van der Waals surface area contributed by atoms with Gasteiger partial charge in [-0.05, 0) is 23.8 Å². The molecule has 0 saturated carbocycles. The Balaban J connectivity index is 2.13.